The molecule has 2 aromatic carbocycles. The van der Waals surface area contributed by atoms with Gasteiger partial charge in [0.15, 0.2) is 11.5 Å². The van der Waals surface area contributed by atoms with Gasteiger partial charge in [-0.1, -0.05) is 12.1 Å². The van der Waals surface area contributed by atoms with E-state index in [1.165, 1.54) is 0 Å². The van der Waals surface area contributed by atoms with Crippen molar-refractivity contribution in [3.8, 4) is 22.9 Å². The predicted molar refractivity (Wildman–Crippen MR) is 88.9 cm³/mol. The first-order valence-electron chi connectivity index (χ1n) is 7.14. The number of ether oxygens (including phenoxy) is 2. The number of hydrogen-bond acceptors (Lipinski definition) is 3. The van der Waals surface area contributed by atoms with Crippen molar-refractivity contribution < 1.29 is 9.47 Å². The van der Waals surface area contributed by atoms with Crippen molar-refractivity contribution in [3.63, 3.8) is 0 Å². The standard InChI is InChI=1S/C17H17ClN2O2/c1-21-15-8-7-12(11-16(15)22-10-4-9-18)17-19-13-5-2-3-6-14(13)20-17/h2-3,5-8,11H,4,9-10H2,1H3,(H,19,20). The lowest BCUT2D eigenvalue weighted by Gasteiger charge is -2.11. The van der Waals surface area contributed by atoms with Gasteiger partial charge < -0.3 is 14.5 Å². The Bertz CT molecular complexity index is 737. The summed E-state index contributed by atoms with van der Waals surface area (Å²) in [4.78, 5) is 7.92. The van der Waals surface area contributed by atoms with Gasteiger partial charge in [-0.15, -0.1) is 11.6 Å². The Labute approximate surface area is 134 Å². The molecule has 0 spiro atoms. The van der Waals surface area contributed by atoms with Gasteiger partial charge in [-0.25, -0.2) is 4.98 Å². The van der Waals surface area contributed by atoms with Crippen LogP contribution in [0.4, 0.5) is 0 Å². The van der Waals surface area contributed by atoms with Crippen LogP contribution in [0.2, 0.25) is 0 Å². The molecule has 1 aromatic heterocycles. The summed E-state index contributed by atoms with van der Waals surface area (Å²) in [5, 5.41) is 0. The summed E-state index contributed by atoms with van der Waals surface area (Å²) in [5.74, 6) is 2.79. The van der Waals surface area contributed by atoms with Crippen LogP contribution in [-0.2, 0) is 0 Å². The highest BCUT2D eigenvalue weighted by atomic mass is 35.5. The topological polar surface area (TPSA) is 47.1 Å². The van der Waals surface area contributed by atoms with Crippen molar-refractivity contribution in [1.82, 2.24) is 9.97 Å². The third-order valence-electron chi connectivity index (χ3n) is 3.36. The Morgan fingerprint density at radius 2 is 2.00 bits per heavy atom. The lowest BCUT2D eigenvalue weighted by molar-refractivity contribution is 0.295. The van der Waals surface area contributed by atoms with Gasteiger partial charge in [0.05, 0.1) is 24.8 Å². The molecule has 0 aliphatic carbocycles. The number of rotatable bonds is 6. The van der Waals surface area contributed by atoms with E-state index < -0.39 is 0 Å². The van der Waals surface area contributed by atoms with Crippen LogP contribution in [0, 0.1) is 0 Å². The maximum Gasteiger partial charge on any atom is 0.161 e. The molecule has 1 heterocycles. The molecule has 3 rings (SSSR count). The minimum atomic E-state index is 0.559. The molecule has 0 saturated carbocycles. The molecular weight excluding hydrogens is 300 g/mol. The molecular formula is C17H17ClN2O2. The van der Waals surface area contributed by atoms with Crippen LogP contribution in [0.3, 0.4) is 0 Å². The number of H-pyrrole nitrogens is 1. The van der Waals surface area contributed by atoms with Gasteiger partial charge in [-0.3, -0.25) is 0 Å². The fourth-order valence-corrected chi connectivity index (χ4v) is 2.37. The van der Waals surface area contributed by atoms with Crippen LogP contribution in [0.1, 0.15) is 6.42 Å². The van der Waals surface area contributed by atoms with E-state index in [0.29, 0.717) is 24.0 Å². The van der Waals surface area contributed by atoms with E-state index >= 15 is 0 Å². The molecule has 3 aromatic rings. The number of nitrogens with zero attached hydrogens (tertiary/aromatic N) is 1. The summed E-state index contributed by atoms with van der Waals surface area (Å²) in [6, 6.07) is 13.7. The minimum Gasteiger partial charge on any atom is -0.493 e. The monoisotopic (exact) mass is 316 g/mol. The first kappa shape index (κ1) is 14.7. The van der Waals surface area contributed by atoms with Crippen LogP contribution in [0.25, 0.3) is 22.4 Å². The number of nitrogens with one attached hydrogen (secondary N) is 1. The van der Waals surface area contributed by atoms with E-state index in [0.717, 1.165) is 28.8 Å². The summed E-state index contributed by atoms with van der Waals surface area (Å²) < 4.78 is 11.1. The Morgan fingerprint density at radius 3 is 2.77 bits per heavy atom. The number of methoxy groups -OCH3 is 1. The van der Waals surface area contributed by atoms with Crippen molar-refractivity contribution in [3.05, 3.63) is 42.5 Å². The quantitative estimate of drug-likeness (QED) is 0.546. The number of aromatic amines is 1. The van der Waals surface area contributed by atoms with Gasteiger partial charge in [-0.2, -0.15) is 0 Å². The first-order chi connectivity index (χ1) is 10.8. The van der Waals surface area contributed by atoms with E-state index in [1.54, 1.807) is 7.11 Å². The van der Waals surface area contributed by atoms with Crippen molar-refractivity contribution in [2.75, 3.05) is 19.6 Å². The summed E-state index contributed by atoms with van der Waals surface area (Å²) in [7, 11) is 1.63. The van der Waals surface area contributed by atoms with Crippen molar-refractivity contribution >= 4 is 22.6 Å². The SMILES string of the molecule is COc1ccc(-c2nc3ccccc3[nH]2)cc1OCCCCl. The highest BCUT2D eigenvalue weighted by molar-refractivity contribution is 6.17. The van der Waals surface area contributed by atoms with Crippen LogP contribution in [-0.4, -0.2) is 29.6 Å². The molecule has 1 N–H and O–H groups in total. The molecule has 0 saturated heterocycles. The number of aromatic nitrogens is 2. The van der Waals surface area contributed by atoms with Gasteiger partial charge in [0.25, 0.3) is 0 Å². The molecule has 5 heteroatoms. The van der Waals surface area contributed by atoms with Crippen molar-refractivity contribution in [2.24, 2.45) is 0 Å². The summed E-state index contributed by atoms with van der Waals surface area (Å²) in [6.45, 7) is 0.559. The molecule has 0 amide bonds. The van der Waals surface area contributed by atoms with Crippen LogP contribution in [0.5, 0.6) is 11.5 Å². The zero-order valence-corrected chi connectivity index (χ0v) is 13.1. The summed E-state index contributed by atoms with van der Waals surface area (Å²) >= 11 is 5.69. The number of imidazole rings is 1. The Kier molecular flexibility index (Phi) is 4.49. The van der Waals surface area contributed by atoms with E-state index in [2.05, 4.69) is 9.97 Å². The molecule has 4 nitrogen and oxygen atoms in total. The second-order valence-corrected chi connectivity index (χ2v) is 5.24. The van der Waals surface area contributed by atoms with E-state index in [9.17, 15) is 0 Å². The average Bonchev–Trinajstić information content (AvgIpc) is 2.99. The van der Waals surface area contributed by atoms with Crippen molar-refractivity contribution in [2.45, 2.75) is 6.42 Å². The second-order valence-electron chi connectivity index (χ2n) is 4.86. The van der Waals surface area contributed by atoms with Crippen LogP contribution in [0.15, 0.2) is 42.5 Å². The van der Waals surface area contributed by atoms with E-state index in [1.807, 2.05) is 42.5 Å². The fraction of sp³-hybridized carbons (Fsp3) is 0.235. The third kappa shape index (κ3) is 3.02. The number of benzene rings is 2. The van der Waals surface area contributed by atoms with Gasteiger partial charge in [0.1, 0.15) is 5.82 Å². The van der Waals surface area contributed by atoms with Crippen LogP contribution >= 0.6 is 11.6 Å². The van der Waals surface area contributed by atoms with Crippen molar-refractivity contribution in [1.29, 1.82) is 0 Å². The zero-order chi connectivity index (χ0) is 15.4. The Hall–Kier alpha value is -2.20. The maximum absolute atomic E-state index is 5.75. The van der Waals surface area contributed by atoms with E-state index in [-0.39, 0.29) is 0 Å². The number of halogens is 1. The second kappa shape index (κ2) is 6.71. The molecule has 0 radical (unpaired) electrons. The molecule has 0 fully saturated rings. The highest BCUT2D eigenvalue weighted by Crippen LogP contribution is 2.32. The summed E-state index contributed by atoms with van der Waals surface area (Å²) in [5.41, 5.74) is 2.91. The molecule has 0 aliphatic heterocycles. The largest absolute Gasteiger partial charge is 0.493 e. The fourth-order valence-electron chi connectivity index (χ4n) is 2.26. The maximum atomic E-state index is 5.75. The van der Waals surface area contributed by atoms with Gasteiger partial charge in [0.2, 0.25) is 0 Å². The van der Waals surface area contributed by atoms with Gasteiger partial charge >= 0.3 is 0 Å². The van der Waals surface area contributed by atoms with Crippen LogP contribution < -0.4 is 9.47 Å². The number of hydrogen-bond donors (Lipinski definition) is 1. The summed E-state index contributed by atoms with van der Waals surface area (Å²) in [6.07, 6.45) is 0.791. The normalized spacial score (nSPS) is 10.8. The lowest BCUT2D eigenvalue weighted by Crippen LogP contribution is -2.00. The predicted octanol–water partition coefficient (Wildman–Crippen LogP) is 4.25. The van der Waals surface area contributed by atoms with E-state index in [4.69, 9.17) is 21.1 Å². The molecule has 22 heavy (non-hydrogen) atoms. The number of alkyl halides is 1. The molecule has 114 valence electrons. The van der Waals surface area contributed by atoms with Gasteiger partial charge in [-0.05, 0) is 36.8 Å². The molecule has 0 unspecified atom stereocenters. The smallest absolute Gasteiger partial charge is 0.161 e. The Morgan fingerprint density at radius 1 is 1.14 bits per heavy atom. The number of para-hydroxylation sites is 2. The van der Waals surface area contributed by atoms with Gasteiger partial charge in [0, 0.05) is 11.4 Å². The highest BCUT2D eigenvalue weighted by Gasteiger charge is 2.10. The first-order valence-corrected chi connectivity index (χ1v) is 7.67. The minimum absolute atomic E-state index is 0.559. The molecule has 0 bridgehead atoms. The zero-order valence-electron chi connectivity index (χ0n) is 12.3. The lowest BCUT2D eigenvalue weighted by atomic mass is 10.2. The third-order valence-corrected chi connectivity index (χ3v) is 3.63. The number of fused-ring (bicyclic) bond motifs is 1. The Balaban J connectivity index is 1.94. The molecule has 0 atom stereocenters. The molecule has 0 aliphatic rings. The average molecular weight is 317 g/mol.